The SMILES string of the molecule is O=C(c1cccs1)N1CCC(OCc2ccccc2)C1. The molecule has 0 radical (unpaired) electrons. The minimum atomic E-state index is 0.130. The fourth-order valence-electron chi connectivity index (χ4n) is 2.39. The summed E-state index contributed by atoms with van der Waals surface area (Å²) < 4.78 is 5.90. The maximum atomic E-state index is 12.2. The smallest absolute Gasteiger partial charge is 0.264 e. The predicted octanol–water partition coefficient (Wildman–Crippen LogP) is 3.18. The highest BCUT2D eigenvalue weighted by atomic mass is 32.1. The van der Waals surface area contributed by atoms with Crippen molar-refractivity contribution in [2.45, 2.75) is 19.1 Å². The average molecular weight is 287 g/mol. The highest BCUT2D eigenvalue weighted by Gasteiger charge is 2.27. The van der Waals surface area contributed by atoms with Crippen LogP contribution in [0.5, 0.6) is 0 Å². The maximum Gasteiger partial charge on any atom is 0.264 e. The van der Waals surface area contributed by atoms with Crippen LogP contribution in [0.3, 0.4) is 0 Å². The van der Waals surface area contributed by atoms with Crippen molar-refractivity contribution in [2.75, 3.05) is 13.1 Å². The van der Waals surface area contributed by atoms with Gasteiger partial charge in [0.2, 0.25) is 0 Å². The average Bonchev–Trinajstić information content (AvgIpc) is 3.17. The molecule has 104 valence electrons. The molecule has 0 bridgehead atoms. The molecule has 1 aromatic heterocycles. The van der Waals surface area contributed by atoms with Gasteiger partial charge in [-0.25, -0.2) is 0 Å². The van der Waals surface area contributed by atoms with Crippen molar-refractivity contribution < 1.29 is 9.53 Å². The molecule has 1 amide bonds. The number of benzene rings is 1. The van der Waals surface area contributed by atoms with E-state index in [1.807, 2.05) is 40.6 Å². The van der Waals surface area contributed by atoms with Gasteiger partial charge in [-0.05, 0) is 23.4 Å². The molecule has 1 aliphatic rings. The summed E-state index contributed by atoms with van der Waals surface area (Å²) >= 11 is 1.50. The third kappa shape index (κ3) is 3.08. The van der Waals surface area contributed by atoms with E-state index in [1.54, 1.807) is 0 Å². The van der Waals surface area contributed by atoms with E-state index in [-0.39, 0.29) is 12.0 Å². The zero-order chi connectivity index (χ0) is 13.8. The Kier molecular flexibility index (Phi) is 4.14. The zero-order valence-electron chi connectivity index (χ0n) is 11.2. The van der Waals surface area contributed by atoms with E-state index in [9.17, 15) is 4.79 Å². The third-order valence-corrected chi connectivity index (χ3v) is 4.35. The summed E-state index contributed by atoms with van der Waals surface area (Å²) in [6.07, 6.45) is 1.07. The van der Waals surface area contributed by atoms with Gasteiger partial charge in [-0.1, -0.05) is 36.4 Å². The summed E-state index contributed by atoms with van der Waals surface area (Å²) in [6, 6.07) is 13.9. The van der Waals surface area contributed by atoms with Crippen molar-refractivity contribution >= 4 is 17.2 Å². The van der Waals surface area contributed by atoms with E-state index >= 15 is 0 Å². The lowest BCUT2D eigenvalue weighted by atomic mass is 10.2. The van der Waals surface area contributed by atoms with Crippen LogP contribution in [0.15, 0.2) is 47.8 Å². The molecule has 1 saturated heterocycles. The Bertz CT molecular complexity index is 553. The molecule has 3 nitrogen and oxygen atoms in total. The van der Waals surface area contributed by atoms with Gasteiger partial charge < -0.3 is 9.64 Å². The van der Waals surface area contributed by atoms with Gasteiger partial charge in [-0.15, -0.1) is 11.3 Å². The summed E-state index contributed by atoms with van der Waals surface area (Å²) in [7, 11) is 0. The molecule has 2 heterocycles. The highest BCUT2D eigenvalue weighted by Crippen LogP contribution is 2.19. The topological polar surface area (TPSA) is 29.5 Å². The first-order chi connectivity index (χ1) is 9.83. The first kappa shape index (κ1) is 13.3. The van der Waals surface area contributed by atoms with Crippen LogP contribution in [0.1, 0.15) is 21.7 Å². The van der Waals surface area contributed by atoms with Crippen molar-refractivity contribution in [3.8, 4) is 0 Å². The van der Waals surface area contributed by atoms with Gasteiger partial charge in [-0.2, -0.15) is 0 Å². The lowest BCUT2D eigenvalue weighted by Crippen LogP contribution is -2.29. The lowest BCUT2D eigenvalue weighted by Gasteiger charge is -2.16. The highest BCUT2D eigenvalue weighted by molar-refractivity contribution is 7.12. The minimum Gasteiger partial charge on any atom is -0.372 e. The molecule has 0 saturated carbocycles. The van der Waals surface area contributed by atoms with Gasteiger partial charge in [-0.3, -0.25) is 4.79 Å². The monoisotopic (exact) mass is 287 g/mol. The quantitative estimate of drug-likeness (QED) is 0.864. The fourth-order valence-corrected chi connectivity index (χ4v) is 3.08. The van der Waals surface area contributed by atoms with Crippen LogP contribution in [0.2, 0.25) is 0 Å². The van der Waals surface area contributed by atoms with Crippen LogP contribution in [0.4, 0.5) is 0 Å². The molecule has 0 spiro atoms. The Morgan fingerprint density at radius 1 is 1.25 bits per heavy atom. The Morgan fingerprint density at radius 2 is 2.10 bits per heavy atom. The minimum absolute atomic E-state index is 0.130. The first-order valence-corrected chi connectivity index (χ1v) is 7.69. The number of ether oxygens (including phenoxy) is 1. The van der Waals surface area contributed by atoms with Crippen LogP contribution < -0.4 is 0 Å². The molecule has 4 heteroatoms. The van der Waals surface area contributed by atoms with Gasteiger partial charge >= 0.3 is 0 Å². The Hall–Kier alpha value is -1.65. The molecule has 1 unspecified atom stereocenters. The Labute approximate surface area is 122 Å². The number of amides is 1. The van der Waals surface area contributed by atoms with E-state index in [4.69, 9.17) is 4.74 Å². The van der Waals surface area contributed by atoms with E-state index in [0.29, 0.717) is 13.2 Å². The van der Waals surface area contributed by atoms with E-state index < -0.39 is 0 Å². The fraction of sp³-hybridized carbons (Fsp3) is 0.312. The summed E-state index contributed by atoms with van der Waals surface area (Å²) in [5.41, 5.74) is 1.18. The van der Waals surface area contributed by atoms with Gasteiger partial charge in [0.1, 0.15) is 0 Å². The molecule has 1 aromatic carbocycles. The number of hydrogen-bond donors (Lipinski definition) is 0. The van der Waals surface area contributed by atoms with E-state index in [0.717, 1.165) is 17.8 Å². The number of rotatable bonds is 4. The molecule has 0 aliphatic carbocycles. The van der Waals surface area contributed by atoms with E-state index in [1.165, 1.54) is 16.9 Å². The van der Waals surface area contributed by atoms with Crippen LogP contribution in [0.25, 0.3) is 0 Å². The van der Waals surface area contributed by atoms with Crippen molar-refractivity contribution in [2.24, 2.45) is 0 Å². The third-order valence-electron chi connectivity index (χ3n) is 3.49. The molecule has 2 aromatic rings. The van der Waals surface area contributed by atoms with Crippen molar-refractivity contribution in [3.05, 3.63) is 58.3 Å². The summed E-state index contributed by atoms with van der Waals surface area (Å²) in [4.78, 5) is 14.9. The Morgan fingerprint density at radius 3 is 2.85 bits per heavy atom. The Balaban J connectivity index is 1.51. The van der Waals surface area contributed by atoms with Crippen molar-refractivity contribution in [1.29, 1.82) is 0 Å². The molecular weight excluding hydrogens is 270 g/mol. The second-order valence-electron chi connectivity index (χ2n) is 4.94. The standard InChI is InChI=1S/C16H17NO2S/c18-16(15-7-4-10-20-15)17-9-8-14(11-17)19-12-13-5-2-1-3-6-13/h1-7,10,14H,8-9,11-12H2. The maximum absolute atomic E-state index is 12.2. The molecule has 1 fully saturated rings. The van der Waals surface area contributed by atoms with Crippen LogP contribution in [-0.2, 0) is 11.3 Å². The molecule has 0 N–H and O–H groups in total. The second kappa shape index (κ2) is 6.20. The second-order valence-corrected chi connectivity index (χ2v) is 5.88. The number of carbonyl (C=O) groups is 1. The van der Waals surface area contributed by atoms with Crippen molar-refractivity contribution in [1.82, 2.24) is 4.90 Å². The molecule has 20 heavy (non-hydrogen) atoms. The van der Waals surface area contributed by atoms with Gasteiger partial charge in [0.15, 0.2) is 0 Å². The molecule has 1 aliphatic heterocycles. The molecule has 1 atom stereocenters. The predicted molar refractivity (Wildman–Crippen MR) is 79.9 cm³/mol. The zero-order valence-corrected chi connectivity index (χ0v) is 12.0. The number of hydrogen-bond acceptors (Lipinski definition) is 3. The van der Waals surface area contributed by atoms with Gasteiger partial charge in [0.05, 0.1) is 17.6 Å². The summed E-state index contributed by atoms with van der Waals surface area (Å²) in [6.45, 7) is 2.10. The number of likely N-dealkylation sites (tertiary alicyclic amines) is 1. The molecular formula is C16H17NO2S. The number of thiophene rings is 1. The lowest BCUT2D eigenvalue weighted by molar-refractivity contribution is 0.0438. The largest absolute Gasteiger partial charge is 0.372 e. The summed E-state index contributed by atoms with van der Waals surface area (Å²) in [5, 5.41) is 1.94. The van der Waals surface area contributed by atoms with Crippen molar-refractivity contribution in [3.63, 3.8) is 0 Å². The van der Waals surface area contributed by atoms with Gasteiger partial charge in [0, 0.05) is 13.1 Å². The van der Waals surface area contributed by atoms with Crippen LogP contribution >= 0.6 is 11.3 Å². The molecule has 3 rings (SSSR count). The summed E-state index contributed by atoms with van der Waals surface area (Å²) in [5.74, 6) is 0.130. The first-order valence-electron chi connectivity index (χ1n) is 6.81. The van der Waals surface area contributed by atoms with Crippen LogP contribution in [-0.4, -0.2) is 30.0 Å². The van der Waals surface area contributed by atoms with Gasteiger partial charge in [0.25, 0.3) is 5.91 Å². The number of nitrogens with zero attached hydrogens (tertiary/aromatic N) is 1. The number of carbonyl (C=O) groups excluding carboxylic acids is 1. The van der Waals surface area contributed by atoms with E-state index in [2.05, 4.69) is 12.1 Å². The van der Waals surface area contributed by atoms with Crippen LogP contribution in [0, 0.1) is 0 Å². The normalized spacial score (nSPS) is 18.4.